The van der Waals surface area contributed by atoms with Crippen LogP contribution < -0.4 is 0 Å². The molecule has 0 aromatic rings. The Kier molecular flexibility index (Phi) is 6.87. The van der Waals surface area contributed by atoms with E-state index in [0.717, 1.165) is 6.42 Å². The summed E-state index contributed by atoms with van der Waals surface area (Å²) in [6.45, 7) is 12.6. The number of hydrogen-bond donors (Lipinski definition) is 1. The third-order valence-electron chi connectivity index (χ3n) is 3.22. The summed E-state index contributed by atoms with van der Waals surface area (Å²) < 4.78 is 0. The minimum absolute atomic E-state index is 0.197. The predicted octanol–water partition coefficient (Wildman–Crippen LogP) is 2.66. The van der Waals surface area contributed by atoms with E-state index in [1.165, 1.54) is 4.90 Å². The van der Waals surface area contributed by atoms with E-state index in [4.69, 9.17) is 5.11 Å². The van der Waals surface area contributed by atoms with E-state index in [1.54, 1.807) is 4.90 Å². The molecule has 0 rings (SSSR count). The Hall–Kier alpha value is -1.26. The van der Waals surface area contributed by atoms with Crippen LogP contribution in [0.2, 0.25) is 0 Å². The number of carboxylic acids is 1. The molecule has 0 radical (unpaired) electrons. The van der Waals surface area contributed by atoms with Gasteiger partial charge in [0.05, 0.1) is 0 Å². The van der Waals surface area contributed by atoms with Crippen molar-refractivity contribution in [1.82, 2.24) is 9.80 Å². The normalized spacial score (nSPS) is 12.9. The van der Waals surface area contributed by atoms with E-state index in [2.05, 4.69) is 13.8 Å². The number of urea groups is 1. The Morgan fingerprint density at radius 3 is 2.05 bits per heavy atom. The first kappa shape index (κ1) is 17.7. The quantitative estimate of drug-likeness (QED) is 0.808. The topological polar surface area (TPSA) is 60.9 Å². The Bertz CT molecular complexity index is 310. The maximum absolute atomic E-state index is 12.5. The predicted molar refractivity (Wildman–Crippen MR) is 76.2 cm³/mol. The molecule has 0 fully saturated rings. The summed E-state index contributed by atoms with van der Waals surface area (Å²) in [6, 6.07) is -0.197. The summed E-state index contributed by atoms with van der Waals surface area (Å²) in [5.41, 5.74) is -0.502. The molecule has 0 aliphatic rings. The van der Waals surface area contributed by atoms with Crippen molar-refractivity contribution in [2.75, 3.05) is 19.6 Å². The molecule has 0 aromatic carbocycles. The second kappa shape index (κ2) is 7.36. The van der Waals surface area contributed by atoms with Gasteiger partial charge in [-0.25, -0.2) is 4.79 Å². The molecule has 112 valence electrons. The lowest BCUT2D eigenvalue weighted by molar-refractivity contribution is -0.138. The Labute approximate surface area is 116 Å². The summed E-state index contributed by atoms with van der Waals surface area (Å²) in [7, 11) is 0. The molecule has 0 aliphatic carbocycles. The summed E-state index contributed by atoms with van der Waals surface area (Å²) in [5.74, 6) is -0.571. The van der Waals surface area contributed by atoms with Gasteiger partial charge in [-0.1, -0.05) is 20.3 Å². The SMILES string of the molecule is CCC(C)CN(CC)C(=O)N(CC(=O)O)C(C)(C)C. The molecule has 0 aliphatic heterocycles. The van der Waals surface area contributed by atoms with Gasteiger partial charge >= 0.3 is 12.0 Å². The first-order chi connectivity index (χ1) is 8.63. The van der Waals surface area contributed by atoms with Crippen LogP contribution in [-0.2, 0) is 4.79 Å². The molecule has 19 heavy (non-hydrogen) atoms. The van der Waals surface area contributed by atoms with Gasteiger partial charge in [-0.05, 0) is 33.6 Å². The summed E-state index contributed by atoms with van der Waals surface area (Å²) in [6.07, 6.45) is 0.998. The van der Waals surface area contributed by atoms with Gasteiger partial charge in [-0.2, -0.15) is 0 Å². The van der Waals surface area contributed by atoms with Gasteiger partial charge in [0.2, 0.25) is 0 Å². The molecule has 0 spiro atoms. The molecule has 0 aromatic heterocycles. The van der Waals surface area contributed by atoms with E-state index in [-0.39, 0.29) is 12.6 Å². The summed E-state index contributed by atoms with van der Waals surface area (Å²) in [4.78, 5) is 26.6. The number of aliphatic carboxylic acids is 1. The smallest absolute Gasteiger partial charge is 0.323 e. The number of hydrogen-bond acceptors (Lipinski definition) is 2. The minimum atomic E-state index is -0.983. The van der Waals surface area contributed by atoms with E-state index < -0.39 is 11.5 Å². The van der Waals surface area contributed by atoms with Crippen molar-refractivity contribution in [3.8, 4) is 0 Å². The second-order valence-electron chi connectivity index (χ2n) is 5.99. The Balaban J connectivity index is 4.99. The highest BCUT2D eigenvalue weighted by Gasteiger charge is 2.31. The summed E-state index contributed by atoms with van der Waals surface area (Å²) >= 11 is 0. The van der Waals surface area contributed by atoms with Gasteiger partial charge in [-0.15, -0.1) is 0 Å². The van der Waals surface area contributed by atoms with Crippen LogP contribution in [-0.4, -0.2) is 52.1 Å². The van der Waals surface area contributed by atoms with E-state index in [0.29, 0.717) is 19.0 Å². The monoisotopic (exact) mass is 272 g/mol. The lowest BCUT2D eigenvalue weighted by atomic mass is 10.1. The second-order valence-corrected chi connectivity index (χ2v) is 5.99. The van der Waals surface area contributed by atoms with Gasteiger partial charge in [-0.3, -0.25) is 4.79 Å². The summed E-state index contributed by atoms with van der Waals surface area (Å²) in [5, 5.41) is 8.97. The molecule has 0 heterocycles. The third kappa shape index (κ3) is 5.94. The van der Waals surface area contributed by atoms with Crippen LogP contribution in [0.3, 0.4) is 0 Å². The van der Waals surface area contributed by atoms with Crippen LogP contribution in [0.25, 0.3) is 0 Å². The van der Waals surface area contributed by atoms with Crippen molar-refractivity contribution in [1.29, 1.82) is 0 Å². The van der Waals surface area contributed by atoms with Crippen LogP contribution in [0.4, 0.5) is 4.79 Å². The largest absolute Gasteiger partial charge is 0.480 e. The van der Waals surface area contributed by atoms with Crippen molar-refractivity contribution >= 4 is 12.0 Å². The standard InChI is InChI=1S/C14H28N2O3/c1-7-11(3)9-15(8-2)13(19)16(10-12(17)18)14(4,5)6/h11H,7-10H2,1-6H3,(H,17,18). The lowest BCUT2D eigenvalue weighted by Crippen LogP contribution is -2.54. The highest BCUT2D eigenvalue weighted by molar-refractivity contribution is 5.80. The number of nitrogens with zero attached hydrogens (tertiary/aromatic N) is 2. The molecular formula is C14H28N2O3. The molecule has 2 amide bonds. The average Bonchev–Trinajstić information content (AvgIpc) is 2.30. The first-order valence-electron chi connectivity index (χ1n) is 6.91. The fourth-order valence-corrected chi connectivity index (χ4v) is 1.75. The minimum Gasteiger partial charge on any atom is -0.480 e. The zero-order valence-corrected chi connectivity index (χ0v) is 13.1. The van der Waals surface area contributed by atoms with Crippen molar-refractivity contribution < 1.29 is 14.7 Å². The van der Waals surface area contributed by atoms with Gasteiger partial charge in [0.15, 0.2) is 0 Å². The van der Waals surface area contributed by atoms with Crippen molar-refractivity contribution in [3.63, 3.8) is 0 Å². The van der Waals surface area contributed by atoms with Gasteiger partial charge < -0.3 is 14.9 Å². The molecule has 0 saturated heterocycles. The van der Waals surface area contributed by atoms with Crippen molar-refractivity contribution in [2.45, 2.75) is 53.5 Å². The molecule has 0 bridgehead atoms. The number of rotatable bonds is 6. The average molecular weight is 272 g/mol. The number of carbonyl (C=O) groups is 2. The zero-order chi connectivity index (χ0) is 15.2. The van der Waals surface area contributed by atoms with E-state index in [1.807, 2.05) is 27.7 Å². The highest BCUT2D eigenvalue weighted by atomic mass is 16.4. The Morgan fingerprint density at radius 2 is 1.74 bits per heavy atom. The maximum Gasteiger partial charge on any atom is 0.323 e. The molecule has 5 heteroatoms. The van der Waals surface area contributed by atoms with E-state index >= 15 is 0 Å². The highest BCUT2D eigenvalue weighted by Crippen LogP contribution is 2.17. The van der Waals surface area contributed by atoms with Gasteiger partial charge in [0, 0.05) is 18.6 Å². The molecule has 0 saturated carbocycles. The number of carbonyl (C=O) groups excluding carboxylic acids is 1. The van der Waals surface area contributed by atoms with Crippen molar-refractivity contribution in [3.05, 3.63) is 0 Å². The first-order valence-corrected chi connectivity index (χ1v) is 6.91. The lowest BCUT2D eigenvalue weighted by Gasteiger charge is -2.38. The zero-order valence-electron chi connectivity index (χ0n) is 13.1. The van der Waals surface area contributed by atoms with Crippen LogP contribution in [0, 0.1) is 5.92 Å². The molecular weight excluding hydrogens is 244 g/mol. The van der Waals surface area contributed by atoms with Crippen LogP contribution in [0.5, 0.6) is 0 Å². The Morgan fingerprint density at radius 1 is 1.21 bits per heavy atom. The number of amides is 2. The van der Waals surface area contributed by atoms with E-state index in [9.17, 15) is 9.59 Å². The molecule has 1 atom stereocenters. The molecule has 1 unspecified atom stereocenters. The number of carboxylic acid groups (broad SMARTS) is 1. The fraction of sp³-hybridized carbons (Fsp3) is 0.857. The molecule has 5 nitrogen and oxygen atoms in total. The van der Waals surface area contributed by atoms with Gasteiger partial charge in [0.1, 0.15) is 6.54 Å². The van der Waals surface area contributed by atoms with Gasteiger partial charge in [0.25, 0.3) is 0 Å². The van der Waals surface area contributed by atoms with Crippen molar-refractivity contribution in [2.24, 2.45) is 5.92 Å². The van der Waals surface area contributed by atoms with Crippen LogP contribution >= 0.6 is 0 Å². The molecule has 1 N–H and O–H groups in total. The maximum atomic E-state index is 12.5. The van der Waals surface area contributed by atoms with Crippen LogP contribution in [0.1, 0.15) is 48.0 Å². The fourth-order valence-electron chi connectivity index (χ4n) is 1.75. The van der Waals surface area contributed by atoms with Crippen LogP contribution in [0.15, 0.2) is 0 Å². The third-order valence-corrected chi connectivity index (χ3v) is 3.22.